The Morgan fingerprint density at radius 2 is 0.737 bits per heavy atom. The van der Waals surface area contributed by atoms with Gasteiger partial charge in [0.25, 0.3) is 0 Å². The Balaban J connectivity index is 1.45. The van der Waals surface area contributed by atoms with Crippen LogP contribution in [0, 0.1) is 0 Å². The molecule has 280 valence electrons. The Hall–Kier alpha value is -7.52. The summed E-state index contributed by atoms with van der Waals surface area (Å²) in [6.45, 7) is 0. The Morgan fingerprint density at radius 3 is 1.18 bits per heavy atom. The number of aromatic amines is 2. The molecule has 2 aliphatic rings. The van der Waals surface area contributed by atoms with Crippen LogP contribution in [-0.2, 0) is 0 Å². The fourth-order valence-corrected chi connectivity index (χ4v) is 7.55. The molecular formula is C48H39N5O4. The van der Waals surface area contributed by atoms with Crippen LogP contribution in [0.2, 0.25) is 0 Å². The molecule has 0 saturated heterocycles. The standard InChI is InChI=1S/C48H39N5O4/c1-54-32-13-5-28(6-14-32)44-37-21-22-38(50-37)45(29-7-15-33(55-2)16-8-29)40-25-26-42(52-40)47(31-11-19-35(57-4)20-12-31)48-36(49)27-43(53-48)46(41-24-23-39(44)51-41)30-9-17-34(56-3)18-10-30/h5-27,50,52H,49H2,1-4H3. The normalized spacial score (nSPS) is 12.0. The van der Waals surface area contributed by atoms with Crippen LogP contribution in [0.1, 0.15) is 22.8 Å². The average Bonchev–Trinajstić information content (AvgIpc) is 4.09. The van der Waals surface area contributed by atoms with E-state index in [0.29, 0.717) is 17.1 Å². The molecule has 3 aromatic heterocycles. The van der Waals surface area contributed by atoms with E-state index in [2.05, 4.69) is 64.6 Å². The van der Waals surface area contributed by atoms with Crippen molar-refractivity contribution in [2.45, 2.75) is 0 Å². The van der Waals surface area contributed by atoms with E-state index in [1.807, 2.05) is 84.9 Å². The maximum absolute atomic E-state index is 7.00. The first-order valence-electron chi connectivity index (χ1n) is 18.5. The molecule has 0 radical (unpaired) electrons. The molecule has 57 heavy (non-hydrogen) atoms. The van der Waals surface area contributed by atoms with Gasteiger partial charge in [-0.05, 0) is 113 Å². The minimum atomic E-state index is 0.535. The van der Waals surface area contributed by atoms with E-state index >= 15 is 0 Å². The van der Waals surface area contributed by atoms with Crippen molar-refractivity contribution in [2.75, 3.05) is 28.4 Å². The van der Waals surface area contributed by atoms with Gasteiger partial charge in [-0.15, -0.1) is 0 Å². The van der Waals surface area contributed by atoms with Crippen molar-refractivity contribution in [2.24, 2.45) is 5.73 Å². The number of rotatable bonds is 8. The Labute approximate surface area is 329 Å². The predicted octanol–water partition coefficient (Wildman–Crippen LogP) is 10.6. The summed E-state index contributed by atoms with van der Waals surface area (Å²) >= 11 is 0. The summed E-state index contributed by atoms with van der Waals surface area (Å²) in [5.74, 6) is 3.04. The summed E-state index contributed by atoms with van der Waals surface area (Å²) in [4.78, 5) is 18.3. The summed E-state index contributed by atoms with van der Waals surface area (Å²) in [6.07, 6.45) is 6.05. The third-order valence-corrected chi connectivity index (χ3v) is 10.4. The molecule has 9 nitrogen and oxygen atoms in total. The highest BCUT2D eigenvalue weighted by Crippen LogP contribution is 2.40. The van der Waals surface area contributed by atoms with Crippen LogP contribution in [-0.4, -0.2) is 48.4 Å². The van der Waals surface area contributed by atoms with E-state index in [9.17, 15) is 0 Å². The van der Waals surface area contributed by atoms with Crippen molar-refractivity contribution in [3.05, 3.63) is 144 Å². The highest BCUT2D eigenvalue weighted by molar-refractivity contribution is 6.01. The average molecular weight is 750 g/mol. The number of fused-ring (bicyclic) bond motifs is 8. The minimum absolute atomic E-state index is 0.535. The molecule has 8 bridgehead atoms. The van der Waals surface area contributed by atoms with Gasteiger partial charge in [0.2, 0.25) is 0 Å². The lowest BCUT2D eigenvalue weighted by Crippen LogP contribution is -1.97. The minimum Gasteiger partial charge on any atom is -0.497 e. The molecule has 0 aliphatic carbocycles. The van der Waals surface area contributed by atoms with E-state index in [1.165, 1.54) is 0 Å². The summed E-state index contributed by atoms with van der Waals surface area (Å²) < 4.78 is 22.1. The highest BCUT2D eigenvalue weighted by Gasteiger charge is 2.22. The predicted molar refractivity (Wildman–Crippen MR) is 230 cm³/mol. The molecule has 0 saturated carbocycles. The van der Waals surface area contributed by atoms with E-state index in [1.54, 1.807) is 28.4 Å². The number of nitrogens with one attached hydrogen (secondary N) is 2. The van der Waals surface area contributed by atoms with Crippen molar-refractivity contribution >= 4 is 46.0 Å². The second-order valence-electron chi connectivity index (χ2n) is 13.6. The molecule has 0 unspecified atom stereocenters. The lowest BCUT2D eigenvalue weighted by atomic mass is 10.0. The number of methoxy groups -OCH3 is 4. The van der Waals surface area contributed by atoms with Crippen molar-refractivity contribution < 1.29 is 18.9 Å². The summed E-state index contributed by atoms with van der Waals surface area (Å²) in [5, 5.41) is 0. The van der Waals surface area contributed by atoms with E-state index in [-0.39, 0.29) is 0 Å². The Kier molecular flexibility index (Phi) is 9.02. The first-order valence-corrected chi connectivity index (χ1v) is 18.5. The number of H-pyrrole nitrogens is 2. The van der Waals surface area contributed by atoms with E-state index in [0.717, 1.165) is 101 Å². The fraction of sp³-hybridized carbons (Fsp3) is 0.0833. The first kappa shape index (κ1) is 35.2. The second-order valence-corrected chi connectivity index (χ2v) is 13.6. The third-order valence-electron chi connectivity index (χ3n) is 10.4. The van der Waals surface area contributed by atoms with Crippen molar-refractivity contribution in [1.29, 1.82) is 0 Å². The monoisotopic (exact) mass is 749 g/mol. The lowest BCUT2D eigenvalue weighted by Gasteiger charge is -2.09. The molecule has 5 heterocycles. The molecule has 9 rings (SSSR count). The van der Waals surface area contributed by atoms with Crippen LogP contribution < -0.4 is 24.7 Å². The number of hydrogen-bond donors (Lipinski definition) is 3. The molecule has 0 spiro atoms. The maximum atomic E-state index is 7.00. The molecule has 0 fully saturated rings. The summed E-state index contributed by atoms with van der Waals surface area (Å²) in [5.41, 5.74) is 21.4. The molecule has 0 amide bonds. The van der Waals surface area contributed by atoms with Gasteiger partial charge < -0.3 is 34.6 Å². The van der Waals surface area contributed by atoms with Crippen LogP contribution in [0.15, 0.2) is 121 Å². The van der Waals surface area contributed by atoms with Gasteiger partial charge in [0, 0.05) is 44.3 Å². The van der Waals surface area contributed by atoms with Gasteiger partial charge >= 0.3 is 0 Å². The van der Waals surface area contributed by atoms with Gasteiger partial charge in [0.1, 0.15) is 23.0 Å². The molecule has 2 aliphatic heterocycles. The Bertz CT molecular complexity index is 2870. The zero-order valence-electron chi connectivity index (χ0n) is 31.9. The fourth-order valence-electron chi connectivity index (χ4n) is 7.55. The van der Waals surface area contributed by atoms with Gasteiger partial charge in [0.05, 0.1) is 56.9 Å². The van der Waals surface area contributed by atoms with Crippen LogP contribution in [0.25, 0.3) is 90.5 Å². The van der Waals surface area contributed by atoms with Gasteiger partial charge in [0.15, 0.2) is 0 Å². The zero-order chi connectivity index (χ0) is 39.0. The Morgan fingerprint density at radius 1 is 0.386 bits per heavy atom. The number of benzene rings is 4. The topological polar surface area (TPSA) is 120 Å². The third kappa shape index (κ3) is 6.44. The molecule has 4 N–H and O–H groups in total. The zero-order valence-corrected chi connectivity index (χ0v) is 31.9. The van der Waals surface area contributed by atoms with Gasteiger partial charge in [-0.3, -0.25) is 0 Å². The van der Waals surface area contributed by atoms with Crippen LogP contribution in [0.5, 0.6) is 23.0 Å². The number of aromatic nitrogens is 4. The van der Waals surface area contributed by atoms with Crippen molar-refractivity contribution in [1.82, 2.24) is 19.9 Å². The van der Waals surface area contributed by atoms with Crippen LogP contribution in [0.4, 0.5) is 0 Å². The first-order chi connectivity index (χ1) is 27.9. The lowest BCUT2D eigenvalue weighted by molar-refractivity contribution is 0.415. The number of nitrogens with two attached hydrogens (primary N) is 1. The number of ether oxygens (including phenoxy) is 4. The molecule has 0 atom stereocenters. The quantitative estimate of drug-likeness (QED) is 0.141. The highest BCUT2D eigenvalue weighted by atomic mass is 16.5. The van der Waals surface area contributed by atoms with Gasteiger partial charge in [-0.25, -0.2) is 9.97 Å². The number of hydrogen-bond acceptors (Lipinski definition) is 7. The van der Waals surface area contributed by atoms with Crippen molar-refractivity contribution in [3.63, 3.8) is 0 Å². The number of nitrogens with zero attached hydrogens (tertiary/aromatic N) is 2. The maximum Gasteiger partial charge on any atom is 0.118 e. The largest absolute Gasteiger partial charge is 0.497 e. The van der Waals surface area contributed by atoms with E-state index < -0.39 is 0 Å². The molecule has 7 aromatic rings. The van der Waals surface area contributed by atoms with Gasteiger partial charge in [-0.1, -0.05) is 48.5 Å². The smallest absolute Gasteiger partial charge is 0.118 e. The molecule has 9 heteroatoms. The van der Waals surface area contributed by atoms with E-state index in [4.69, 9.17) is 34.6 Å². The SMILES string of the molecule is COc1ccc(-c2c3nc(c(-c4ccc(OC)cc4)c4ccc([nH]4)c(-c4ccc(OC)cc4)c4ccc([nH]4)c(-c4ccc(OC)cc4)c4nc2C=C4N)C=C3)cc1. The molecule has 4 aromatic carbocycles. The molecular weight excluding hydrogens is 711 g/mol. The summed E-state index contributed by atoms with van der Waals surface area (Å²) in [7, 11) is 6.66. The van der Waals surface area contributed by atoms with Crippen molar-refractivity contribution in [3.8, 4) is 67.5 Å². The van der Waals surface area contributed by atoms with Gasteiger partial charge in [-0.2, -0.15) is 0 Å². The van der Waals surface area contributed by atoms with Crippen LogP contribution in [0.3, 0.4) is 0 Å². The van der Waals surface area contributed by atoms with Crippen LogP contribution >= 0.6 is 0 Å². The second kappa shape index (κ2) is 14.6. The summed E-state index contributed by atoms with van der Waals surface area (Å²) in [6, 6.07) is 40.4.